The van der Waals surface area contributed by atoms with E-state index in [1.807, 2.05) is 12.4 Å². The molecule has 2 aromatic rings. The van der Waals surface area contributed by atoms with Crippen LogP contribution >= 0.6 is 11.3 Å². The summed E-state index contributed by atoms with van der Waals surface area (Å²) < 4.78 is 0. The van der Waals surface area contributed by atoms with Crippen LogP contribution in [0, 0.1) is 6.92 Å². The van der Waals surface area contributed by atoms with Crippen LogP contribution in [0.3, 0.4) is 0 Å². The lowest BCUT2D eigenvalue weighted by Gasteiger charge is -2.05. The molecule has 0 amide bonds. The van der Waals surface area contributed by atoms with E-state index in [1.54, 1.807) is 11.3 Å². The Kier molecular flexibility index (Phi) is 3.91. The van der Waals surface area contributed by atoms with Crippen LogP contribution in [0.15, 0.2) is 16.4 Å². The zero-order valence-electron chi connectivity index (χ0n) is 10.9. The Hall–Kier alpha value is -1.49. The van der Waals surface area contributed by atoms with Gasteiger partial charge in [0.15, 0.2) is 0 Å². The van der Waals surface area contributed by atoms with E-state index in [4.69, 9.17) is 0 Å². The summed E-state index contributed by atoms with van der Waals surface area (Å²) in [7, 11) is 0. The molecule has 0 unspecified atom stereocenters. The van der Waals surface area contributed by atoms with Gasteiger partial charge in [0, 0.05) is 23.1 Å². The van der Waals surface area contributed by atoms with Crippen molar-refractivity contribution < 1.29 is 0 Å². The van der Waals surface area contributed by atoms with Gasteiger partial charge in [-0.25, -0.2) is 9.97 Å². The van der Waals surface area contributed by atoms with Gasteiger partial charge in [-0.3, -0.25) is 4.79 Å². The lowest BCUT2D eigenvalue weighted by atomic mass is 10.1. The highest BCUT2D eigenvalue weighted by Crippen LogP contribution is 2.22. The fraction of sp³-hybridized carbons (Fsp3) is 0.462. The Bertz CT molecular complexity index is 586. The molecule has 0 radical (unpaired) electrons. The van der Waals surface area contributed by atoms with Crippen molar-refractivity contribution in [3.8, 4) is 0 Å². The number of hydrogen-bond donors (Lipinski definition) is 1. The highest BCUT2D eigenvalue weighted by atomic mass is 32.1. The Morgan fingerprint density at radius 1 is 1.39 bits per heavy atom. The highest BCUT2D eigenvalue weighted by molar-refractivity contribution is 7.09. The normalized spacial score (nSPS) is 11.1. The van der Waals surface area contributed by atoms with E-state index in [9.17, 15) is 4.79 Å². The van der Waals surface area contributed by atoms with E-state index in [0.717, 1.165) is 30.1 Å². The van der Waals surface area contributed by atoms with Crippen LogP contribution in [0.2, 0.25) is 0 Å². The van der Waals surface area contributed by atoms with E-state index in [0.29, 0.717) is 5.92 Å². The minimum absolute atomic E-state index is 0.0779. The fourth-order valence-corrected chi connectivity index (χ4v) is 2.85. The summed E-state index contributed by atoms with van der Waals surface area (Å²) in [4.78, 5) is 24.1. The van der Waals surface area contributed by atoms with Crippen LogP contribution < -0.4 is 5.56 Å². The lowest BCUT2D eigenvalue weighted by Crippen LogP contribution is -2.12. The predicted octanol–water partition coefficient (Wildman–Crippen LogP) is 2.44. The molecule has 0 aromatic carbocycles. The smallest absolute Gasteiger partial charge is 0.251 e. The Labute approximate surface area is 110 Å². The number of H-pyrrole nitrogens is 1. The zero-order chi connectivity index (χ0) is 13.1. The van der Waals surface area contributed by atoms with E-state index in [2.05, 4.69) is 28.8 Å². The molecule has 0 saturated carbocycles. The monoisotopic (exact) mass is 263 g/mol. The van der Waals surface area contributed by atoms with Crippen molar-refractivity contribution >= 4 is 11.3 Å². The summed E-state index contributed by atoms with van der Waals surface area (Å²) >= 11 is 1.67. The molecule has 0 saturated heterocycles. The SMILES string of the molecule is Cc1cc(=O)[nH]c(CCc2scnc2C(C)C)n1. The molecule has 4 nitrogen and oxygen atoms in total. The quantitative estimate of drug-likeness (QED) is 0.921. The van der Waals surface area contributed by atoms with Crippen molar-refractivity contribution in [1.82, 2.24) is 15.0 Å². The molecular formula is C13H17N3OS. The van der Waals surface area contributed by atoms with Crippen LogP contribution in [0.5, 0.6) is 0 Å². The summed E-state index contributed by atoms with van der Waals surface area (Å²) in [6.45, 7) is 6.13. The Balaban J connectivity index is 2.11. The average molecular weight is 263 g/mol. The first-order chi connectivity index (χ1) is 8.56. The van der Waals surface area contributed by atoms with E-state index < -0.39 is 0 Å². The minimum atomic E-state index is -0.0779. The molecule has 1 N–H and O–H groups in total. The molecule has 0 fully saturated rings. The maximum atomic E-state index is 11.3. The first-order valence-corrected chi connectivity index (χ1v) is 6.93. The number of rotatable bonds is 4. The van der Waals surface area contributed by atoms with E-state index >= 15 is 0 Å². The van der Waals surface area contributed by atoms with Gasteiger partial charge in [-0.1, -0.05) is 13.8 Å². The molecule has 96 valence electrons. The first-order valence-electron chi connectivity index (χ1n) is 6.05. The predicted molar refractivity (Wildman–Crippen MR) is 73.2 cm³/mol. The van der Waals surface area contributed by atoms with Gasteiger partial charge in [0.05, 0.1) is 11.2 Å². The molecule has 2 heterocycles. The van der Waals surface area contributed by atoms with Crippen LogP contribution in [0.4, 0.5) is 0 Å². The molecule has 0 atom stereocenters. The molecule has 18 heavy (non-hydrogen) atoms. The number of aryl methyl sites for hydroxylation is 3. The molecule has 2 aromatic heterocycles. The van der Waals surface area contributed by atoms with Gasteiger partial charge in [-0.05, 0) is 19.3 Å². The van der Waals surface area contributed by atoms with Gasteiger partial charge in [-0.15, -0.1) is 11.3 Å². The third-order valence-electron chi connectivity index (χ3n) is 2.73. The van der Waals surface area contributed by atoms with Crippen molar-refractivity contribution in [2.24, 2.45) is 0 Å². The molecule has 5 heteroatoms. The third kappa shape index (κ3) is 3.04. The maximum Gasteiger partial charge on any atom is 0.251 e. The van der Waals surface area contributed by atoms with Crippen LogP contribution in [-0.2, 0) is 12.8 Å². The molecule has 0 aliphatic rings. The van der Waals surface area contributed by atoms with Gasteiger partial charge in [0.25, 0.3) is 5.56 Å². The Morgan fingerprint density at radius 3 is 2.83 bits per heavy atom. The van der Waals surface area contributed by atoms with Crippen LogP contribution in [0.1, 0.15) is 41.9 Å². The summed E-state index contributed by atoms with van der Waals surface area (Å²) in [5.41, 5.74) is 3.74. The zero-order valence-corrected chi connectivity index (χ0v) is 11.7. The van der Waals surface area contributed by atoms with Gasteiger partial charge >= 0.3 is 0 Å². The molecular weight excluding hydrogens is 246 g/mol. The Morgan fingerprint density at radius 2 is 2.17 bits per heavy atom. The van der Waals surface area contributed by atoms with Crippen molar-refractivity contribution in [3.63, 3.8) is 0 Å². The topological polar surface area (TPSA) is 58.6 Å². The molecule has 2 rings (SSSR count). The van der Waals surface area contributed by atoms with Gasteiger partial charge in [-0.2, -0.15) is 0 Å². The summed E-state index contributed by atoms with van der Waals surface area (Å²) in [6.07, 6.45) is 1.63. The highest BCUT2D eigenvalue weighted by Gasteiger charge is 2.10. The average Bonchev–Trinajstić information content (AvgIpc) is 2.73. The van der Waals surface area contributed by atoms with E-state index in [-0.39, 0.29) is 5.56 Å². The third-order valence-corrected chi connectivity index (χ3v) is 3.64. The van der Waals surface area contributed by atoms with Gasteiger partial charge in [0.2, 0.25) is 0 Å². The van der Waals surface area contributed by atoms with E-state index in [1.165, 1.54) is 10.9 Å². The lowest BCUT2D eigenvalue weighted by molar-refractivity contribution is 0.788. The second kappa shape index (κ2) is 5.44. The number of thiazole rings is 1. The van der Waals surface area contributed by atoms with Crippen molar-refractivity contribution in [2.45, 2.75) is 39.5 Å². The summed E-state index contributed by atoms with van der Waals surface area (Å²) in [5.74, 6) is 1.19. The number of hydrogen-bond acceptors (Lipinski definition) is 4. The second-order valence-corrected chi connectivity index (χ2v) is 5.59. The number of aromatic nitrogens is 3. The second-order valence-electron chi connectivity index (χ2n) is 4.65. The van der Waals surface area contributed by atoms with Gasteiger partial charge in [0.1, 0.15) is 5.82 Å². The molecule has 0 aliphatic carbocycles. The first kappa shape index (κ1) is 13.0. The standard InChI is InChI=1S/C13H17N3OS/c1-8(2)13-10(18-7-14-13)4-5-11-15-9(3)6-12(17)16-11/h6-8H,4-5H2,1-3H3,(H,15,16,17). The molecule has 0 aliphatic heterocycles. The van der Waals surface area contributed by atoms with Crippen molar-refractivity contribution in [1.29, 1.82) is 0 Å². The fourth-order valence-electron chi connectivity index (χ4n) is 1.93. The number of aromatic amines is 1. The van der Waals surface area contributed by atoms with Crippen LogP contribution in [-0.4, -0.2) is 15.0 Å². The largest absolute Gasteiger partial charge is 0.311 e. The number of nitrogens with zero attached hydrogens (tertiary/aromatic N) is 2. The minimum Gasteiger partial charge on any atom is -0.311 e. The van der Waals surface area contributed by atoms with Crippen molar-refractivity contribution in [3.05, 3.63) is 44.0 Å². The summed E-state index contributed by atoms with van der Waals surface area (Å²) in [5, 5.41) is 0. The van der Waals surface area contributed by atoms with Gasteiger partial charge < -0.3 is 4.98 Å². The van der Waals surface area contributed by atoms with Crippen LogP contribution in [0.25, 0.3) is 0 Å². The summed E-state index contributed by atoms with van der Waals surface area (Å²) in [6, 6.07) is 1.51. The number of nitrogens with one attached hydrogen (secondary N) is 1. The maximum absolute atomic E-state index is 11.3. The molecule has 0 bridgehead atoms. The molecule has 0 spiro atoms. The van der Waals surface area contributed by atoms with Crippen molar-refractivity contribution in [2.75, 3.05) is 0 Å².